The van der Waals surface area contributed by atoms with Crippen LogP contribution < -0.4 is 0 Å². The van der Waals surface area contributed by atoms with Gasteiger partial charge in [-0.3, -0.25) is 0 Å². The number of benzene rings is 1. The molecule has 0 saturated heterocycles. The first-order valence-corrected chi connectivity index (χ1v) is 6.85. The molecule has 1 aromatic rings. The number of hydrogen-bond donors (Lipinski definition) is 0. The highest BCUT2D eigenvalue weighted by molar-refractivity contribution is 5.18. The van der Waals surface area contributed by atoms with Gasteiger partial charge >= 0.3 is 0 Å². The molecule has 0 N–H and O–H groups in total. The summed E-state index contributed by atoms with van der Waals surface area (Å²) in [6.07, 6.45) is 4.30. The molecule has 1 aromatic carbocycles. The van der Waals surface area contributed by atoms with E-state index >= 15 is 0 Å². The molecule has 2 unspecified atom stereocenters. The van der Waals surface area contributed by atoms with Gasteiger partial charge in [-0.1, -0.05) is 57.0 Å². The van der Waals surface area contributed by atoms with Crippen LogP contribution in [0.15, 0.2) is 30.3 Å². The fourth-order valence-corrected chi connectivity index (χ4v) is 2.15. The minimum absolute atomic E-state index is 0.239. The quantitative estimate of drug-likeness (QED) is 0.646. The lowest BCUT2D eigenvalue weighted by Gasteiger charge is -2.27. The average Bonchev–Trinajstić information content (AvgIpc) is 2.34. The van der Waals surface area contributed by atoms with Crippen molar-refractivity contribution in [1.29, 1.82) is 0 Å². The zero-order valence-electron chi connectivity index (χ0n) is 11.6. The first kappa shape index (κ1) is 14.2. The average molecular weight is 234 g/mol. The lowest BCUT2D eigenvalue weighted by Crippen LogP contribution is -2.17. The summed E-state index contributed by atoms with van der Waals surface area (Å²) in [5.41, 5.74) is 1.31. The largest absolute Gasteiger partial charge is 0.371 e. The van der Waals surface area contributed by atoms with E-state index < -0.39 is 0 Å². The van der Waals surface area contributed by atoms with E-state index in [0.29, 0.717) is 5.92 Å². The summed E-state index contributed by atoms with van der Waals surface area (Å²) >= 11 is 0. The van der Waals surface area contributed by atoms with Crippen LogP contribution in [0.4, 0.5) is 0 Å². The molecule has 0 heterocycles. The summed E-state index contributed by atoms with van der Waals surface area (Å²) in [4.78, 5) is 0. The Labute approximate surface area is 106 Å². The highest BCUT2D eigenvalue weighted by Gasteiger charge is 2.20. The Balaban J connectivity index is 2.73. The molecule has 0 aliphatic rings. The lowest BCUT2D eigenvalue weighted by molar-refractivity contribution is -0.0266. The van der Waals surface area contributed by atoms with Crippen LogP contribution in [-0.4, -0.2) is 6.10 Å². The van der Waals surface area contributed by atoms with Gasteiger partial charge in [-0.2, -0.15) is 0 Å². The third kappa shape index (κ3) is 4.91. The molecular weight excluding hydrogens is 208 g/mol. The normalized spacial score (nSPS) is 14.9. The van der Waals surface area contributed by atoms with Crippen LogP contribution in [0.3, 0.4) is 0 Å². The second kappa shape index (κ2) is 7.50. The molecule has 0 fully saturated rings. The van der Waals surface area contributed by atoms with E-state index in [1.165, 1.54) is 24.8 Å². The standard InChI is InChI=1S/C16H26O/c1-5-6-10-14(4)16(17-13(2)3)15-11-8-7-9-12-15/h7-9,11-14,16H,5-6,10H2,1-4H3. The zero-order chi connectivity index (χ0) is 12.7. The summed E-state index contributed by atoms with van der Waals surface area (Å²) in [6, 6.07) is 10.6. The molecule has 96 valence electrons. The third-order valence-corrected chi connectivity index (χ3v) is 3.08. The van der Waals surface area contributed by atoms with E-state index in [0.717, 1.165) is 0 Å². The van der Waals surface area contributed by atoms with Crippen molar-refractivity contribution in [3.63, 3.8) is 0 Å². The summed E-state index contributed by atoms with van der Waals surface area (Å²) < 4.78 is 6.10. The summed E-state index contributed by atoms with van der Waals surface area (Å²) in [6.45, 7) is 8.77. The number of rotatable bonds is 7. The third-order valence-electron chi connectivity index (χ3n) is 3.08. The second-order valence-electron chi connectivity index (χ2n) is 5.14. The van der Waals surface area contributed by atoms with Gasteiger partial charge in [0.1, 0.15) is 0 Å². The van der Waals surface area contributed by atoms with Crippen LogP contribution in [0.25, 0.3) is 0 Å². The molecule has 0 saturated carbocycles. The van der Waals surface area contributed by atoms with Crippen molar-refractivity contribution in [3.05, 3.63) is 35.9 Å². The Morgan fingerprint density at radius 1 is 1.06 bits per heavy atom. The minimum atomic E-state index is 0.239. The maximum Gasteiger partial charge on any atom is 0.0853 e. The smallest absolute Gasteiger partial charge is 0.0853 e. The predicted octanol–water partition coefficient (Wildman–Crippen LogP) is 4.98. The van der Waals surface area contributed by atoms with Gasteiger partial charge in [-0.05, 0) is 31.7 Å². The molecule has 2 atom stereocenters. The van der Waals surface area contributed by atoms with Crippen LogP contribution in [0, 0.1) is 5.92 Å². The minimum Gasteiger partial charge on any atom is -0.371 e. The van der Waals surface area contributed by atoms with Gasteiger partial charge in [0.2, 0.25) is 0 Å². The zero-order valence-corrected chi connectivity index (χ0v) is 11.6. The Morgan fingerprint density at radius 2 is 1.71 bits per heavy atom. The van der Waals surface area contributed by atoms with Crippen LogP contribution >= 0.6 is 0 Å². The fraction of sp³-hybridized carbons (Fsp3) is 0.625. The molecule has 0 aliphatic carbocycles. The molecule has 1 nitrogen and oxygen atoms in total. The van der Waals surface area contributed by atoms with E-state index in [1.807, 2.05) is 0 Å². The first-order valence-electron chi connectivity index (χ1n) is 6.85. The van der Waals surface area contributed by atoms with Crippen LogP contribution in [0.5, 0.6) is 0 Å². The molecule has 0 radical (unpaired) electrons. The van der Waals surface area contributed by atoms with Crippen molar-refractivity contribution < 1.29 is 4.74 Å². The molecule has 1 heteroatoms. The molecule has 0 aliphatic heterocycles. The lowest BCUT2D eigenvalue weighted by atomic mass is 9.92. The highest BCUT2D eigenvalue weighted by atomic mass is 16.5. The Morgan fingerprint density at radius 3 is 2.24 bits per heavy atom. The maximum absolute atomic E-state index is 6.10. The summed E-state index contributed by atoms with van der Waals surface area (Å²) in [7, 11) is 0. The Bertz CT molecular complexity index is 292. The van der Waals surface area contributed by atoms with Crippen molar-refractivity contribution in [2.45, 2.75) is 59.2 Å². The van der Waals surface area contributed by atoms with E-state index in [2.05, 4.69) is 58.0 Å². The molecule has 1 rings (SSSR count). The fourth-order valence-electron chi connectivity index (χ4n) is 2.15. The van der Waals surface area contributed by atoms with E-state index in [4.69, 9.17) is 4.74 Å². The van der Waals surface area contributed by atoms with Crippen LogP contribution in [0.1, 0.15) is 58.6 Å². The van der Waals surface area contributed by atoms with E-state index in [-0.39, 0.29) is 12.2 Å². The van der Waals surface area contributed by atoms with Gasteiger partial charge in [0.05, 0.1) is 12.2 Å². The van der Waals surface area contributed by atoms with Gasteiger partial charge < -0.3 is 4.74 Å². The van der Waals surface area contributed by atoms with Crippen LogP contribution in [0.2, 0.25) is 0 Å². The number of ether oxygens (including phenoxy) is 1. The van der Waals surface area contributed by atoms with Crippen molar-refractivity contribution >= 4 is 0 Å². The van der Waals surface area contributed by atoms with Gasteiger partial charge in [0.15, 0.2) is 0 Å². The number of unbranched alkanes of at least 4 members (excludes halogenated alkanes) is 1. The number of hydrogen-bond acceptors (Lipinski definition) is 1. The maximum atomic E-state index is 6.10. The SMILES string of the molecule is CCCCC(C)C(OC(C)C)c1ccccc1. The van der Waals surface area contributed by atoms with Crippen LogP contribution in [-0.2, 0) is 4.74 Å². The molecular formula is C16H26O. The van der Waals surface area contributed by atoms with Gasteiger partial charge in [0, 0.05) is 0 Å². The van der Waals surface area contributed by atoms with Gasteiger partial charge in [-0.25, -0.2) is 0 Å². The molecule has 0 spiro atoms. The van der Waals surface area contributed by atoms with Gasteiger partial charge in [0.25, 0.3) is 0 Å². The monoisotopic (exact) mass is 234 g/mol. The topological polar surface area (TPSA) is 9.23 Å². The first-order chi connectivity index (χ1) is 8.15. The Kier molecular flexibility index (Phi) is 6.28. The predicted molar refractivity (Wildman–Crippen MR) is 74.1 cm³/mol. The summed E-state index contributed by atoms with van der Waals surface area (Å²) in [5.74, 6) is 0.583. The summed E-state index contributed by atoms with van der Waals surface area (Å²) in [5, 5.41) is 0. The van der Waals surface area contributed by atoms with Crippen molar-refractivity contribution in [1.82, 2.24) is 0 Å². The molecule has 17 heavy (non-hydrogen) atoms. The second-order valence-corrected chi connectivity index (χ2v) is 5.14. The molecule has 0 amide bonds. The van der Waals surface area contributed by atoms with Crippen molar-refractivity contribution in [2.75, 3.05) is 0 Å². The van der Waals surface area contributed by atoms with Gasteiger partial charge in [-0.15, -0.1) is 0 Å². The molecule has 0 bridgehead atoms. The Hall–Kier alpha value is -0.820. The van der Waals surface area contributed by atoms with Crippen molar-refractivity contribution in [3.8, 4) is 0 Å². The van der Waals surface area contributed by atoms with Crippen molar-refractivity contribution in [2.24, 2.45) is 5.92 Å². The van der Waals surface area contributed by atoms with E-state index in [1.54, 1.807) is 0 Å². The van der Waals surface area contributed by atoms with E-state index in [9.17, 15) is 0 Å². The molecule has 0 aromatic heterocycles. The highest BCUT2D eigenvalue weighted by Crippen LogP contribution is 2.30.